The van der Waals surface area contributed by atoms with Crippen LogP contribution < -0.4 is 4.74 Å². The van der Waals surface area contributed by atoms with Crippen LogP contribution >= 0.6 is 0 Å². The molecule has 0 radical (unpaired) electrons. The van der Waals surface area contributed by atoms with Gasteiger partial charge in [0.05, 0.1) is 4.90 Å². The molecule has 150 valence electrons. The molecular weight excluding hydrogens is 376 g/mol. The number of nitrogens with zero attached hydrogens (tertiary/aromatic N) is 2. The number of ether oxygens (including phenoxy) is 1. The summed E-state index contributed by atoms with van der Waals surface area (Å²) in [5.41, 5.74) is 2.12. The molecule has 28 heavy (non-hydrogen) atoms. The van der Waals surface area contributed by atoms with Crippen LogP contribution in [0.5, 0.6) is 5.75 Å². The summed E-state index contributed by atoms with van der Waals surface area (Å²) in [6, 6.07) is 14.2. The predicted molar refractivity (Wildman–Crippen MR) is 108 cm³/mol. The highest BCUT2D eigenvalue weighted by molar-refractivity contribution is 7.89. The van der Waals surface area contributed by atoms with Crippen LogP contribution in [0.25, 0.3) is 0 Å². The lowest BCUT2D eigenvalue weighted by Crippen LogP contribution is -2.53. The molecule has 0 aromatic heterocycles. The Kier molecular flexibility index (Phi) is 6.05. The molecule has 1 amide bonds. The van der Waals surface area contributed by atoms with Crippen molar-refractivity contribution in [3.8, 4) is 5.75 Å². The van der Waals surface area contributed by atoms with Gasteiger partial charge >= 0.3 is 0 Å². The molecule has 1 atom stereocenters. The fourth-order valence-electron chi connectivity index (χ4n) is 3.32. The SMILES string of the molecule is Cc1ccc(O[C@@H](C)C(=O)N2CCN(S(=O)(=O)c3ccccc3)CC2)c(C)c1. The van der Waals surface area contributed by atoms with Gasteiger partial charge in [0, 0.05) is 26.2 Å². The van der Waals surface area contributed by atoms with Crippen molar-refractivity contribution in [2.24, 2.45) is 0 Å². The van der Waals surface area contributed by atoms with Gasteiger partial charge in [-0.2, -0.15) is 4.31 Å². The van der Waals surface area contributed by atoms with Crippen molar-refractivity contribution in [3.05, 3.63) is 59.7 Å². The molecular formula is C21H26N2O4S. The number of sulfonamides is 1. The highest BCUT2D eigenvalue weighted by Crippen LogP contribution is 2.21. The average Bonchev–Trinajstić information content (AvgIpc) is 2.70. The third-order valence-electron chi connectivity index (χ3n) is 4.91. The molecule has 3 rings (SSSR count). The van der Waals surface area contributed by atoms with Crippen molar-refractivity contribution in [3.63, 3.8) is 0 Å². The summed E-state index contributed by atoms with van der Waals surface area (Å²) in [7, 11) is -3.53. The molecule has 0 aliphatic carbocycles. The second kappa shape index (κ2) is 8.32. The van der Waals surface area contributed by atoms with E-state index in [9.17, 15) is 13.2 Å². The minimum Gasteiger partial charge on any atom is -0.481 e. The minimum atomic E-state index is -3.53. The van der Waals surface area contributed by atoms with Gasteiger partial charge in [0.15, 0.2) is 6.10 Å². The van der Waals surface area contributed by atoms with Gasteiger partial charge in [-0.3, -0.25) is 4.79 Å². The van der Waals surface area contributed by atoms with Gasteiger partial charge in [-0.1, -0.05) is 35.9 Å². The Labute approximate surface area is 166 Å². The Hall–Kier alpha value is -2.38. The van der Waals surface area contributed by atoms with E-state index in [1.165, 1.54) is 4.31 Å². The fourth-order valence-corrected chi connectivity index (χ4v) is 4.76. The number of hydrogen-bond acceptors (Lipinski definition) is 4. The lowest BCUT2D eigenvalue weighted by atomic mass is 10.1. The first-order valence-corrected chi connectivity index (χ1v) is 10.8. The zero-order valence-electron chi connectivity index (χ0n) is 16.5. The van der Waals surface area contributed by atoms with Crippen molar-refractivity contribution in [1.82, 2.24) is 9.21 Å². The molecule has 1 aliphatic heterocycles. The number of benzene rings is 2. The Bertz CT molecular complexity index is 936. The lowest BCUT2D eigenvalue weighted by molar-refractivity contribution is -0.139. The summed E-state index contributed by atoms with van der Waals surface area (Å²) in [5.74, 6) is 0.563. The maximum absolute atomic E-state index is 12.7. The van der Waals surface area contributed by atoms with Gasteiger partial charge in [-0.05, 0) is 44.5 Å². The molecule has 1 heterocycles. The van der Waals surface area contributed by atoms with E-state index < -0.39 is 16.1 Å². The number of hydrogen-bond donors (Lipinski definition) is 0. The monoisotopic (exact) mass is 402 g/mol. The van der Waals surface area contributed by atoms with Gasteiger partial charge in [0.1, 0.15) is 5.75 Å². The summed E-state index contributed by atoms with van der Waals surface area (Å²) in [6.45, 7) is 6.95. The first-order chi connectivity index (χ1) is 13.3. The number of piperazine rings is 1. The molecule has 7 heteroatoms. The van der Waals surface area contributed by atoms with Crippen molar-refractivity contribution in [2.45, 2.75) is 31.8 Å². The number of rotatable bonds is 5. The summed E-state index contributed by atoms with van der Waals surface area (Å²) in [5, 5.41) is 0. The second-order valence-corrected chi connectivity index (χ2v) is 9.01. The van der Waals surface area contributed by atoms with Gasteiger partial charge in [-0.25, -0.2) is 8.42 Å². The molecule has 1 aliphatic rings. The van der Waals surface area contributed by atoms with E-state index >= 15 is 0 Å². The maximum Gasteiger partial charge on any atom is 0.263 e. The summed E-state index contributed by atoms with van der Waals surface area (Å²) < 4.78 is 32.7. The quantitative estimate of drug-likeness (QED) is 0.771. The van der Waals surface area contributed by atoms with E-state index in [4.69, 9.17) is 4.74 Å². The van der Waals surface area contributed by atoms with Gasteiger partial charge < -0.3 is 9.64 Å². The number of carbonyl (C=O) groups excluding carboxylic acids is 1. The van der Waals surface area contributed by atoms with Crippen LogP contribution in [-0.4, -0.2) is 55.8 Å². The second-order valence-electron chi connectivity index (χ2n) is 7.07. The molecule has 1 fully saturated rings. The molecule has 0 saturated carbocycles. The van der Waals surface area contributed by atoms with Crippen molar-refractivity contribution in [2.75, 3.05) is 26.2 Å². The summed E-state index contributed by atoms with van der Waals surface area (Å²) in [4.78, 5) is 14.7. The third kappa shape index (κ3) is 4.36. The first kappa shape index (κ1) is 20.4. The van der Waals surface area contributed by atoms with Crippen LogP contribution in [0.4, 0.5) is 0 Å². The van der Waals surface area contributed by atoms with Gasteiger partial charge in [0.25, 0.3) is 5.91 Å². The smallest absolute Gasteiger partial charge is 0.263 e. The standard InChI is InChI=1S/C21H26N2O4S/c1-16-9-10-20(17(2)15-16)27-18(3)21(24)22-11-13-23(14-12-22)28(25,26)19-7-5-4-6-8-19/h4-10,15,18H,11-14H2,1-3H3/t18-/m0/s1. The van der Waals surface area contributed by atoms with Crippen LogP contribution in [0, 0.1) is 13.8 Å². The Balaban J connectivity index is 1.60. The number of aryl methyl sites for hydroxylation is 2. The van der Waals surface area contributed by atoms with E-state index in [1.54, 1.807) is 42.2 Å². The third-order valence-corrected chi connectivity index (χ3v) is 6.83. The molecule has 1 saturated heterocycles. The zero-order valence-corrected chi connectivity index (χ0v) is 17.3. The number of carbonyl (C=O) groups is 1. The lowest BCUT2D eigenvalue weighted by Gasteiger charge is -2.35. The molecule has 6 nitrogen and oxygen atoms in total. The predicted octanol–water partition coefficient (Wildman–Crippen LogP) is 2.60. The van der Waals surface area contributed by atoms with E-state index in [2.05, 4.69) is 0 Å². The van der Waals surface area contributed by atoms with Crippen LogP contribution in [0.2, 0.25) is 0 Å². The Morgan fingerprint density at radius 2 is 1.64 bits per heavy atom. The molecule has 0 unspecified atom stereocenters. The van der Waals surface area contributed by atoms with Crippen LogP contribution in [0.3, 0.4) is 0 Å². The van der Waals surface area contributed by atoms with Crippen molar-refractivity contribution >= 4 is 15.9 Å². The fraction of sp³-hybridized carbons (Fsp3) is 0.381. The average molecular weight is 403 g/mol. The van der Waals surface area contributed by atoms with Gasteiger partial charge in [0.2, 0.25) is 10.0 Å². The molecule has 0 N–H and O–H groups in total. The zero-order chi connectivity index (χ0) is 20.3. The van der Waals surface area contributed by atoms with Crippen molar-refractivity contribution < 1.29 is 17.9 Å². The van der Waals surface area contributed by atoms with Gasteiger partial charge in [-0.15, -0.1) is 0 Å². The number of amides is 1. The highest BCUT2D eigenvalue weighted by atomic mass is 32.2. The minimum absolute atomic E-state index is 0.128. The van der Waals surface area contributed by atoms with E-state index in [1.807, 2.05) is 32.0 Å². The van der Waals surface area contributed by atoms with E-state index in [-0.39, 0.29) is 23.9 Å². The normalized spacial score (nSPS) is 16.6. The molecule has 0 bridgehead atoms. The maximum atomic E-state index is 12.7. The Morgan fingerprint density at radius 3 is 2.25 bits per heavy atom. The van der Waals surface area contributed by atoms with Crippen LogP contribution in [0.15, 0.2) is 53.4 Å². The first-order valence-electron chi connectivity index (χ1n) is 9.37. The topological polar surface area (TPSA) is 66.9 Å². The van der Waals surface area contributed by atoms with E-state index in [0.29, 0.717) is 18.8 Å². The molecule has 2 aromatic carbocycles. The van der Waals surface area contributed by atoms with E-state index in [0.717, 1.165) is 11.1 Å². The van der Waals surface area contributed by atoms with Crippen LogP contribution in [-0.2, 0) is 14.8 Å². The summed E-state index contributed by atoms with van der Waals surface area (Å²) in [6.07, 6.45) is -0.626. The largest absolute Gasteiger partial charge is 0.481 e. The summed E-state index contributed by atoms with van der Waals surface area (Å²) >= 11 is 0. The van der Waals surface area contributed by atoms with Crippen LogP contribution in [0.1, 0.15) is 18.1 Å². The molecule has 0 spiro atoms. The Morgan fingerprint density at radius 1 is 1.00 bits per heavy atom. The van der Waals surface area contributed by atoms with Crippen molar-refractivity contribution in [1.29, 1.82) is 0 Å². The molecule has 2 aromatic rings. The highest BCUT2D eigenvalue weighted by Gasteiger charge is 2.32.